The summed E-state index contributed by atoms with van der Waals surface area (Å²) in [5.41, 5.74) is -3.39. The SMILES string of the molecule is COc1ccc(/C=C(\NC(=O)c2ccccc2)C(=O)Nc2ccc(SC(C(=O)Nc3c(F)c(F)c(C(F)(F)F)c(F)c3F)c3ccccc3)cc2)cc1OC. The second kappa shape index (κ2) is 17.2. The van der Waals surface area contributed by atoms with E-state index in [9.17, 15) is 45.1 Å². The standard InChI is InChI=1S/C39H28F7N3O5S/c1-53-27-18-13-21(20-28(27)54-2)19-26(48-36(50)23-11-7-4-8-12-23)37(51)47-24-14-16-25(17-15-24)55-35(22-9-5-3-6-10-22)38(52)49-34-32(42)30(40)29(39(44,45)46)31(41)33(34)43/h3-20,35H,1-2H3,(H,47,51)(H,48,50)(H,49,52)/b26-19-. The molecule has 5 aromatic carbocycles. The first-order valence-corrected chi connectivity index (χ1v) is 16.8. The number of halogens is 7. The van der Waals surface area contributed by atoms with Crippen molar-refractivity contribution in [3.05, 3.63) is 154 Å². The molecule has 0 spiro atoms. The summed E-state index contributed by atoms with van der Waals surface area (Å²) in [6.45, 7) is 0. The van der Waals surface area contributed by atoms with Crippen molar-refractivity contribution in [1.29, 1.82) is 0 Å². The molecule has 55 heavy (non-hydrogen) atoms. The molecule has 0 aliphatic rings. The van der Waals surface area contributed by atoms with Crippen molar-refractivity contribution in [2.24, 2.45) is 0 Å². The van der Waals surface area contributed by atoms with Crippen molar-refractivity contribution in [3.63, 3.8) is 0 Å². The number of rotatable bonds is 12. The minimum atomic E-state index is -5.76. The Morgan fingerprint density at radius 1 is 0.709 bits per heavy atom. The van der Waals surface area contributed by atoms with E-state index in [0.717, 1.165) is 11.8 Å². The highest BCUT2D eigenvalue weighted by molar-refractivity contribution is 8.00. The van der Waals surface area contributed by atoms with Crippen molar-refractivity contribution in [3.8, 4) is 11.5 Å². The number of thioether (sulfide) groups is 1. The maximum atomic E-state index is 14.7. The number of carbonyl (C=O) groups is 3. The summed E-state index contributed by atoms with van der Waals surface area (Å²) in [5.74, 6) is -12.0. The number of methoxy groups -OCH3 is 2. The van der Waals surface area contributed by atoms with Crippen LogP contribution in [0.5, 0.6) is 11.5 Å². The zero-order valence-electron chi connectivity index (χ0n) is 28.6. The van der Waals surface area contributed by atoms with Gasteiger partial charge in [-0.25, -0.2) is 17.6 Å². The third kappa shape index (κ3) is 9.45. The summed E-state index contributed by atoms with van der Waals surface area (Å²) in [7, 11) is 2.90. The largest absolute Gasteiger partial charge is 0.493 e. The van der Waals surface area contributed by atoms with E-state index in [4.69, 9.17) is 9.47 Å². The number of ether oxygens (including phenoxy) is 2. The predicted octanol–water partition coefficient (Wildman–Crippen LogP) is 9.16. The highest BCUT2D eigenvalue weighted by Crippen LogP contribution is 2.41. The van der Waals surface area contributed by atoms with Crippen molar-refractivity contribution in [2.75, 3.05) is 24.9 Å². The molecule has 3 amide bonds. The maximum absolute atomic E-state index is 14.7. The van der Waals surface area contributed by atoms with Gasteiger partial charge in [0.15, 0.2) is 34.8 Å². The fraction of sp³-hybridized carbons (Fsp3) is 0.103. The lowest BCUT2D eigenvalue weighted by atomic mass is 10.1. The third-order valence-electron chi connectivity index (χ3n) is 7.75. The van der Waals surface area contributed by atoms with Crippen LogP contribution in [0.4, 0.5) is 42.1 Å². The Bertz CT molecular complexity index is 2210. The van der Waals surface area contributed by atoms with E-state index >= 15 is 0 Å². The van der Waals surface area contributed by atoms with E-state index in [0.29, 0.717) is 22.0 Å². The number of benzene rings is 5. The number of carbonyl (C=O) groups excluding carboxylic acids is 3. The Hall–Kier alpha value is -6.29. The van der Waals surface area contributed by atoms with Crippen LogP contribution in [-0.2, 0) is 15.8 Å². The van der Waals surface area contributed by atoms with Gasteiger partial charge in [-0.3, -0.25) is 14.4 Å². The van der Waals surface area contributed by atoms with Crippen molar-refractivity contribution in [1.82, 2.24) is 5.32 Å². The molecule has 5 rings (SSSR count). The lowest BCUT2D eigenvalue weighted by Gasteiger charge is -2.19. The zero-order valence-corrected chi connectivity index (χ0v) is 29.4. The first kappa shape index (κ1) is 39.9. The highest BCUT2D eigenvalue weighted by atomic mass is 32.2. The number of nitrogens with one attached hydrogen (secondary N) is 3. The zero-order chi connectivity index (χ0) is 39.9. The smallest absolute Gasteiger partial charge is 0.422 e. The predicted molar refractivity (Wildman–Crippen MR) is 191 cm³/mol. The van der Waals surface area contributed by atoms with Crippen LogP contribution in [-0.4, -0.2) is 31.9 Å². The molecule has 1 atom stereocenters. The van der Waals surface area contributed by atoms with Gasteiger partial charge in [0.05, 0.1) is 14.2 Å². The summed E-state index contributed by atoms with van der Waals surface area (Å²) < 4.78 is 108. The lowest BCUT2D eigenvalue weighted by molar-refractivity contribution is -0.143. The van der Waals surface area contributed by atoms with Gasteiger partial charge < -0.3 is 25.4 Å². The molecule has 0 aromatic heterocycles. The van der Waals surface area contributed by atoms with Gasteiger partial charge in [-0.1, -0.05) is 54.6 Å². The summed E-state index contributed by atoms with van der Waals surface area (Å²) >= 11 is 0.817. The average molecular weight is 784 g/mol. The van der Waals surface area contributed by atoms with Crippen LogP contribution < -0.4 is 25.4 Å². The maximum Gasteiger partial charge on any atom is 0.422 e. The first-order chi connectivity index (χ1) is 26.2. The molecule has 0 heterocycles. The molecule has 0 radical (unpaired) electrons. The molecular formula is C39H28F7N3O5S. The molecule has 284 valence electrons. The number of hydrogen-bond acceptors (Lipinski definition) is 6. The molecule has 0 aliphatic heterocycles. The van der Waals surface area contributed by atoms with Crippen LogP contribution >= 0.6 is 11.8 Å². The molecule has 0 saturated heterocycles. The molecule has 0 saturated carbocycles. The van der Waals surface area contributed by atoms with Gasteiger partial charge in [0, 0.05) is 16.1 Å². The fourth-order valence-electron chi connectivity index (χ4n) is 5.08. The highest BCUT2D eigenvalue weighted by Gasteiger charge is 2.43. The monoisotopic (exact) mass is 783 g/mol. The normalized spacial score (nSPS) is 12.1. The summed E-state index contributed by atoms with van der Waals surface area (Å²) in [6, 6.07) is 26.5. The Morgan fingerprint density at radius 3 is 1.85 bits per heavy atom. The van der Waals surface area contributed by atoms with Crippen LogP contribution in [0.1, 0.15) is 32.3 Å². The van der Waals surface area contributed by atoms with Crippen LogP contribution in [0.2, 0.25) is 0 Å². The van der Waals surface area contributed by atoms with Crippen molar-refractivity contribution < 1.29 is 54.6 Å². The van der Waals surface area contributed by atoms with E-state index in [2.05, 4.69) is 10.6 Å². The van der Waals surface area contributed by atoms with E-state index in [1.807, 2.05) is 0 Å². The Labute approximate surface area is 313 Å². The van der Waals surface area contributed by atoms with E-state index in [-0.39, 0.29) is 22.5 Å². The van der Waals surface area contributed by atoms with Gasteiger partial charge in [-0.15, -0.1) is 11.8 Å². The molecule has 3 N–H and O–H groups in total. The van der Waals surface area contributed by atoms with E-state index in [1.165, 1.54) is 68.8 Å². The molecule has 16 heteroatoms. The van der Waals surface area contributed by atoms with E-state index in [1.54, 1.807) is 59.9 Å². The second-order valence-electron chi connectivity index (χ2n) is 11.4. The minimum Gasteiger partial charge on any atom is -0.493 e. The first-order valence-electron chi connectivity index (χ1n) is 15.9. The Kier molecular flexibility index (Phi) is 12.5. The number of hydrogen-bond donors (Lipinski definition) is 3. The number of anilines is 2. The van der Waals surface area contributed by atoms with Crippen LogP contribution in [0.3, 0.4) is 0 Å². The average Bonchev–Trinajstić information content (AvgIpc) is 3.18. The Morgan fingerprint density at radius 2 is 1.29 bits per heavy atom. The topological polar surface area (TPSA) is 106 Å². The van der Waals surface area contributed by atoms with Crippen LogP contribution in [0, 0.1) is 23.3 Å². The quantitative estimate of drug-likeness (QED) is 0.0505. The van der Waals surface area contributed by atoms with Gasteiger partial charge in [0.2, 0.25) is 5.91 Å². The Balaban J connectivity index is 1.39. The van der Waals surface area contributed by atoms with Gasteiger partial charge in [0.25, 0.3) is 11.8 Å². The molecule has 1 unspecified atom stereocenters. The van der Waals surface area contributed by atoms with Gasteiger partial charge in [-0.2, -0.15) is 13.2 Å². The summed E-state index contributed by atoms with van der Waals surface area (Å²) in [5, 5.41) is 5.64. The van der Waals surface area contributed by atoms with Gasteiger partial charge >= 0.3 is 6.18 Å². The van der Waals surface area contributed by atoms with Gasteiger partial charge in [0.1, 0.15) is 22.2 Å². The number of alkyl halides is 3. The minimum absolute atomic E-state index is 0.143. The molecule has 0 bridgehead atoms. The van der Waals surface area contributed by atoms with E-state index < -0.39 is 63.7 Å². The van der Waals surface area contributed by atoms with Gasteiger partial charge in [-0.05, 0) is 65.7 Å². The second-order valence-corrected chi connectivity index (χ2v) is 12.6. The fourth-order valence-corrected chi connectivity index (χ4v) is 6.11. The summed E-state index contributed by atoms with van der Waals surface area (Å²) in [4.78, 5) is 40.4. The third-order valence-corrected chi connectivity index (χ3v) is 9.02. The molecule has 5 aromatic rings. The van der Waals surface area contributed by atoms with Crippen molar-refractivity contribution >= 4 is 46.9 Å². The molecule has 0 aliphatic carbocycles. The van der Waals surface area contributed by atoms with Crippen LogP contribution in [0.25, 0.3) is 6.08 Å². The molecule has 0 fully saturated rings. The van der Waals surface area contributed by atoms with Crippen molar-refractivity contribution in [2.45, 2.75) is 16.3 Å². The number of amides is 3. The molecular weight excluding hydrogens is 755 g/mol. The van der Waals surface area contributed by atoms with Crippen LogP contribution in [0.15, 0.2) is 114 Å². The lowest BCUT2D eigenvalue weighted by Crippen LogP contribution is -2.30. The molecule has 8 nitrogen and oxygen atoms in total. The summed E-state index contributed by atoms with van der Waals surface area (Å²) in [6.07, 6.45) is -4.34.